The van der Waals surface area contributed by atoms with Crippen molar-refractivity contribution in [2.24, 2.45) is 5.92 Å². The number of likely N-dealkylation sites (tertiary alicyclic amines) is 1. The van der Waals surface area contributed by atoms with Crippen molar-refractivity contribution < 1.29 is 13.6 Å². The molecular weight excluding hydrogens is 461 g/mol. The molecule has 180 valence electrons. The summed E-state index contributed by atoms with van der Waals surface area (Å²) >= 11 is 0. The zero-order valence-corrected chi connectivity index (χ0v) is 19.5. The van der Waals surface area contributed by atoms with Gasteiger partial charge in [0, 0.05) is 31.1 Å². The van der Waals surface area contributed by atoms with E-state index in [4.69, 9.17) is 4.42 Å². The molecule has 0 aliphatic carbocycles. The number of aromatic nitrogens is 4. The predicted molar refractivity (Wildman–Crippen MR) is 128 cm³/mol. The van der Waals surface area contributed by atoms with Crippen molar-refractivity contribution in [3.63, 3.8) is 0 Å². The first kappa shape index (κ1) is 22.0. The van der Waals surface area contributed by atoms with Gasteiger partial charge in [-0.2, -0.15) is 25.2 Å². The fourth-order valence-electron chi connectivity index (χ4n) is 5.04. The monoisotopic (exact) mass is 483 g/mol. The maximum Gasteiger partial charge on any atom is 0.299 e. The van der Waals surface area contributed by atoms with Gasteiger partial charge in [0.2, 0.25) is 0 Å². The second-order valence-electron chi connectivity index (χ2n) is 9.16. The summed E-state index contributed by atoms with van der Waals surface area (Å²) in [6.07, 6.45) is 4.02. The number of nitrogens with zero attached hydrogens (tertiary/aromatic N) is 7. The third kappa shape index (κ3) is 3.69. The van der Waals surface area contributed by atoms with Crippen molar-refractivity contribution in [1.82, 2.24) is 24.9 Å². The molecule has 0 radical (unpaired) electrons. The maximum absolute atomic E-state index is 13.8. The summed E-state index contributed by atoms with van der Waals surface area (Å²) in [6.45, 7) is 3.83. The number of amides is 1. The zero-order valence-electron chi connectivity index (χ0n) is 19.5. The van der Waals surface area contributed by atoms with Gasteiger partial charge in [0.25, 0.3) is 11.9 Å². The number of aryl methyl sites for hydroxylation is 1. The molecule has 6 rings (SSSR count). The Morgan fingerprint density at radius 2 is 2.00 bits per heavy atom. The molecule has 2 fully saturated rings. The second-order valence-corrected chi connectivity index (χ2v) is 9.16. The number of carbonyl (C=O) groups excluding carboxylic acids is 1. The second kappa shape index (κ2) is 8.61. The third-order valence-corrected chi connectivity index (χ3v) is 6.91. The van der Waals surface area contributed by atoms with Crippen LogP contribution in [0.15, 0.2) is 59.3 Å². The Bertz CT molecular complexity index is 1490. The summed E-state index contributed by atoms with van der Waals surface area (Å²) in [5.41, 5.74) is 2.73. The molecule has 1 amide bonds. The summed E-state index contributed by atoms with van der Waals surface area (Å²) in [6, 6.07) is 13.9. The Balaban J connectivity index is 1.26. The molecule has 2 saturated heterocycles. The van der Waals surface area contributed by atoms with Crippen molar-refractivity contribution in [1.29, 1.82) is 5.26 Å². The number of piperidine rings is 1. The smallest absolute Gasteiger partial charge is 0.299 e. The highest BCUT2D eigenvalue weighted by Gasteiger charge is 2.46. The number of carbonyl (C=O) groups is 1. The minimum absolute atomic E-state index is 0.0179. The number of halogens is 1. The number of nitriles is 1. The molecule has 4 aromatic rings. The fourth-order valence-corrected chi connectivity index (χ4v) is 5.04. The highest BCUT2D eigenvalue weighted by Crippen LogP contribution is 2.39. The molecule has 0 spiro atoms. The van der Waals surface area contributed by atoms with Crippen LogP contribution in [0.4, 0.5) is 10.4 Å². The number of hydrogen-bond acceptors (Lipinski definition) is 7. The average Bonchev–Trinajstić information content (AvgIpc) is 3.55. The Hall–Kier alpha value is -4.52. The Morgan fingerprint density at radius 3 is 2.78 bits per heavy atom. The van der Waals surface area contributed by atoms with Crippen LogP contribution < -0.4 is 4.90 Å². The SMILES string of the molecule is Cc1ccc(-n2nccn2)c(C(=O)N2CC[C@H]3CN(c4nc(C#N)c(-c5cccc(F)c5)o4)[C@H]3C2)c1. The normalized spacial score (nSPS) is 18.9. The van der Waals surface area contributed by atoms with Gasteiger partial charge in [0.05, 0.1) is 29.7 Å². The molecule has 36 heavy (non-hydrogen) atoms. The van der Waals surface area contributed by atoms with Crippen LogP contribution in [0.3, 0.4) is 0 Å². The van der Waals surface area contributed by atoms with E-state index in [-0.39, 0.29) is 23.4 Å². The molecule has 0 N–H and O–H groups in total. The van der Waals surface area contributed by atoms with Gasteiger partial charge >= 0.3 is 0 Å². The Kier molecular flexibility index (Phi) is 5.25. The lowest BCUT2D eigenvalue weighted by Crippen LogP contribution is -2.65. The van der Waals surface area contributed by atoms with Crippen LogP contribution in [0.2, 0.25) is 0 Å². The molecule has 0 unspecified atom stereocenters. The van der Waals surface area contributed by atoms with Gasteiger partial charge in [-0.05, 0) is 37.6 Å². The molecule has 2 atom stereocenters. The van der Waals surface area contributed by atoms with E-state index in [1.54, 1.807) is 24.5 Å². The summed E-state index contributed by atoms with van der Waals surface area (Å²) in [7, 11) is 0. The molecule has 4 heterocycles. The summed E-state index contributed by atoms with van der Waals surface area (Å²) < 4.78 is 19.7. The quantitative estimate of drug-likeness (QED) is 0.437. The summed E-state index contributed by atoms with van der Waals surface area (Å²) in [5, 5.41) is 18.0. The number of fused-ring (bicyclic) bond motifs is 1. The molecule has 2 aliphatic heterocycles. The predicted octanol–water partition coefficient (Wildman–Crippen LogP) is 3.59. The Labute approximate surface area is 206 Å². The molecule has 10 heteroatoms. The number of rotatable bonds is 4. The maximum atomic E-state index is 13.8. The molecule has 9 nitrogen and oxygen atoms in total. The van der Waals surface area contributed by atoms with Crippen LogP contribution in [0.5, 0.6) is 0 Å². The van der Waals surface area contributed by atoms with Gasteiger partial charge in [-0.3, -0.25) is 4.79 Å². The zero-order chi connectivity index (χ0) is 24.8. The van der Waals surface area contributed by atoms with Crippen LogP contribution in [-0.2, 0) is 0 Å². The largest absolute Gasteiger partial charge is 0.422 e. The minimum Gasteiger partial charge on any atom is -0.422 e. The van der Waals surface area contributed by atoms with Crippen molar-refractivity contribution in [3.8, 4) is 23.1 Å². The fraction of sp³-hybridized carbons (Fsp3) is 0.269. The van der Waals surface area contributed by atoms with E-state index in [9.17, 15) is 14.4 Å². The number of benzene rings is 2. The summed E-state index contributed by atoms with van der Waals surface area (Å²) in [5.74, 6) is 0.145. The van der Waals surface area contributed by atoms with Crippen molar-refractivity contribution in [2.75, 3.05) is 24.5 Å². The minimum atomic E-state index is -0.416. The van der Waals surface area contributed by atoms with Crippen molar-refractivity contribution in [2.45, 2.75) is 19.4 Å². The first-order chi connectivity index (χ1) is 17.5. The standard InChI is InChI=1S/C26H22FN7O2/c1-16-5-6-22(34-29-8-9-30-34)20(11-16)25(35)32-10-7-18-14-33(23(18)15-32)26-31-21(13-28)24(36-26)17-3-2-4-19(27)12-17/h2-6,8-9,11-12,18,23H,7,10,14-15H2,1H3/t18-,23-/m0/s1. The highest BCUT2D eigenvalue weighted by molar-refractivity contribution is 5.98. The van der Waals surface area contributed by atoms with Crippen LogP contribution in [-0.4, -0.2) is 56.5 Å². The van der Waals surface area contributed by atoms with Crippen LogP contribution >= 0.6 is 0 Å². The van der Waals surface area contributed by atoms with Gasteiger partial charge in [0.15, 0.2) is 11.5 Å². The van der Waals surface area contributed by atoms with Crippen molar-refractivity contribution in [3.05, 3.63) is 77.5 Å². The molecule has 2 aromatic carbocycles. The first-order valence-electron chi connectivity index (χ1n) is 11.7. The van der Waals surface area contributed by atoms with E-state index in [0.29, 0.717) is 41.8 Å². The van der Waals surface area contributed by atoms with Gasteiger partial charge in [0.1, 0.15) is 11.9 Å². The van der Waals surface area contributed by atoms with E-state index in [1.807, 2.05) is 41.0 Å². The highest BCUT2D eigenvalue weighted by atomic mass is 19.1. The molecule has 0 bridgehead atoms. The van der Waals surface area contributed by atoms with Crippen LogP contribution in [0, 0.1) is 30.0 Å². The van der Waals surface area contributed by atoms with Crippen LogP contribution in [0.1, 0.15) is 28.0 Å². The van der Waals surface area contributed by atoms with E-state index in [2.05, 4.69) is 15.2 Å². The Morgan fingerprint density at radius 1 is 1.17 bits per heavy atom. The average molecular weight is 484 g/mol. The first-order valence-corrected chi connectivity index (χ1v) is 11.7. The van der Waals surface area contributed by atoms with E-state index >= 15 is 0 Å². The molecule has 2 aromatic heterocycles. The van der Waals surface area contributed by atoms with Crippen LogP contribution in [0.25, 0.3) is 17.0 Å². The number of hydrogen-bond donors (Lipinski definition) is 0. The van der Waals surface area contributed by atoms with Gasteiger partial charge in [-0.15, -0.1) is 0 Å². The van der Waals surface area contributed by atoms with E-state index < -0.39 is 5.82 Å². The number of anilines is 1. The van der Waals surface area contributed by atoms with E-state index in [0.717, 1.165) is 18.5 Å². The lowest BCUT2D eigenvalue weighted by Gasteiger charge is -2.52. The van der Waals surface area contributed by atoms with Crippen molar-refractivity contribution >= 4 is 11.9 Å². The third-order valence-electron chi connectivity index (χ3n) is 6.91. The van der Waals surface area contributed by atoms with Gasteiger partial charge < -0.3 is 14.2 Å². The van der Waals surface area contributed by atoms with Gasteiger partial charge in [-0.1, -0.05) is 23.8 Å². The lowest BCUT2D eigenvalue weighted by atomic mass is 9.82. The molecule has 0 saturated carbocycles. The topological polar surface area (TPSA) is 104 Å². The number of oxazole rings is 1. The molecular formula is C26H22FN7O2. The molecule has 2 aliphatic rings. The van der Waals surface area contributed by atoms with Gasteiger partial charge in [-0.25, -0.2) is 4.39 Å². The summed E-state index contributed by atoms with van der Waals surface area (Å²) in [4.78, 5) is 23.3. The lowest BCUT2D eigenvalue weighted by molar-refractivity contribution is 0.0582. The van der Waals surface area contributed by atoms with E-state index in [1.165, 1.54) is 16.9 Å².